The van der Waals surface area contributed by atoms with Crippen molar-refractivity contribution in [2.24, 2.45) is 13.0 Å². The van der Waals surface area contributed by atoms with Crippen LogP contribution in [-0.2, 0) is 23.8 Å². The van der Waals surface area contributed by atoms with Gasteiger partial charge in [-0.15, -0.1) is 5.10 Å². The first-order valence-electron chi connectivity index (χ1n) is 13.7. The quantitative estimate of drug-likeness (QED) is 0.316. The van der Waals surface area contributed by atoms with E-state index in [9.17, 15) is 14.0 Å². The van der Waals surface area contributed by atoms with Crippen LogP contribution in [0, 0.1) is 11.7 Å². The third kappa shape index (κ3) is 4.22. The molecule has 2 N–H and O–H groups in total. The average molecular weight is 537 g/mol. The molecule has 2 aliphatic rings. The Morgan fingerprint density at radius 2 is 1.90 bits per heavy atom. The second-order valence-electron chi connectivity index (χ2n) is 11.2. The molecule has 9 heteroatoms. The number of hydrogen-bond donors (Lipinski definition) is 2. The van der Waals surface area contributed by atoms with E-state index < -0.39 is 5.54 Å². The first-order valence-corrected chi connectivity index (χ1v) is 13.7. The number of nitrogens with zero attached hydrogens (tertiary/aromatic N) is 4. The van der Waals surface area contributed by atoms with Gasteiger partial charge in [0.15, 0.2) is 5.65 Å². The number of hydrogen-bond acceptors (Lipinski definition) is 4. The monoisotopic (exact) mass is 536 g/mol. The summed E-state index contributed by atoms with van der Waals surface area (Å²) < 4.78 is 17.7. The van der Waals surface area contributed by atoms with Gasteiger partial charge in [0.25, 0.3) is 5.91 Å². The molecule has 1 saturated carbocycles. The van der Waals surface area contributed by atoms with E-state index in [1.807, 2.05) is 67.3 Å². The maximum atomic E-state index is 14.2. The standard InChI is InChI=1S/C31H29FN6O2/c1-31(12-3-4-18-7-9-22(32)16-25(18)31)35-29(40)24-17-37(2)26-10-8-20(14-23(24)26)21-11-13-38-27(15-21)33-30(36-38)34-28(39)19-5-6-19/h7-11,13-17,19H,3-6,12H2,1-2H3,(H,35,40)(H,34,36,39)/t31-/m1/s1. The number of anilines is 1. The van der Waals surface area contributed by atoms with Crippen LogP contribution in [0.5, 0.6) is 0 Å². The summed E-state index contributed by atoms with van der Waals surface area (Å²) in [6.45, 7) is 1.98. The maximum Gasteiger partial charge on any atom is 0.254 e. The zero-order chi connectivity index (χ0) is 27.6. The molecule has 1 atom stereocenters. The summed E-state index contributed by atoms with van der Waals surface area (Å²) in [5, 5.41) is 11.2. The number of nitrogens with one attached hydrogen (secondary N) is 2. The summed E-state index contributed by atoms with van der Waals surface area (Å²) >= 11 is 0. The van der Waals surface area contributed by atoms with E-state index in [2.05, 4.69) is 20.7 Å². The minimum Gasteiger partial charge on any atom is -0.350 e. The summed E-state index contributed by atoms with van der Waals surface area (Å²) in [7, 11) is 1.92. The van der Waals surface area contributed by atoms with Crippen molar-refractivity contribution in [3.63, 3.8) is 0 Å². The molecule has 0 aliphatic heterocycles. The lowest BCUT2D eigenvalue weighted by Crippen LogP contribution is -2.45. The van der Waals surface area contributed by atoms with Crippen LogP contribution in [0.15, 0.2) is 60.9 Å². The highest BCUT2D eigenvalue weighted by atomic mass is 19.1. The second kappa shape index (κ2) is 9.01. The number of benzene rings is 2. The van der Waals surface area contributed by atoms with E-state index in [4.69, 9.17) is 0 Å². The number of amides is 2. The molecule has 0 bridgehead atoms. The van der Waals surface area contributed by atoms with Crippen molar-refractivity contribution in [1.29, 1.82) is 0 Å². The molecular weight excluding hydrogens is 507 g/mol. The van der Waals surface area contributed by atoms with E-state index in [0.29, 0.717) is 17.2 Å². The Balaban J connectivity index is 1.21. The van der Waals surface area contributed by atoms with Gasteiger partial charge >= 0.3 is 0 Å². The van der Waals surface area contributed by atoms with Gasteiger partial charge in [-0.05, 0) is 97.7 Å². The molecule has 7 rings (SSSR count). The van der Waals surface area contributed by atoms with Gasteiger partial charge < -0.3 is 9.88 Å². The number of pyridine rings is 1. The summed E-state index contributed by atoms with van der Waals surface area (Å²) in [6.07, 6.45) is 8.03. The Bertz CT molecular complexity index is 1830. The molecule has 2 aromatic carbocycles. The van der Waals surface area contributed by atoms with Crippen LogP contribution in [0.1, 0.15) is 54.1 Å². The van der Waals surface area contributed by atoms with Crippen molar-refractivity contribution < 1.29 is 14.0 Å². The predicted octanol–water partition coefficient (Wildman–Crippen LogP) is 5.36. The van der Waals surface area contributed by atoms with E-state index in [1.54, 1.807) is 10.6 Å². The highest BCUT2D eigenvalue weighted by Crippen LogP contribution is 2.37. The lowest BCUT2D eigenvalue weighted by molar-refractivity contribution is -0.117. The molecule has 2 amide bonds. The number of carbonyl (C=O) groups is 2. The van der Waals surface area contributed by atoms with Crippen molar-refractivity contribution >= 4 is 34.3 Å². The number of rotatable bonds is 5. The smallest absolute Gasteiger partial charge is 0.254 e. The van der Waals surface area contributed by atoms with Gasteiger partial charge in [-0.2, -0.15) is 4.98 Å². The highest BCUT2D eigenvalue weighted by Gasteiger charge is 2.35. The minimum atomic E-state index is -0.655. The van der Waals surface area contributed by atoms with E-state index in [-0.39, 0.29) is 23.5 Å². The molecule has 202 valence electrons. The van der Waals surface area contributed by atoms with Gasteiger partial charge in [0, 0.05) is 36.3 Å². The lowest BCUT2D eigenvalue weighted by Gasteiger charge is -2.37. The summed E-state index contributed by atoms with van der Waals surface area (Å²) in [5.74, 6) is -0.150. The molecule has 5 aromatic rings. The zero-order valence-corrected chi connectivity index (χ0v) is 22.4. The predicted molar refractivity (Wildman–Crippen MR) is 150 cm³/mol. The van der Waals surface area contributed by atoms with Crippen molar-refractivity contribution in [2.45, 2.75) is 44.6 Å². The largest absolute Gasteiger partial charge is 0.350 e. The van der Waals surface area contributed by atoms with Crippen LogP contribution in [0.25, 0.3) is 27.7 Å². The normalized spacial score (nSPS) is 18.6. The van der Waals surface area contributed by atoms with Gasteiger partial charge in [0.2, 0.25) is 11.9 Å². The van der Waals surface area contributed by atoms with E-state index in [1.165, 1.54) is 6.07 Å². The molecule has 0 saturated heterocycles. The zero-order valence-electron chi connectivity index (χ0n) is 22.4. The van der Waals surface area contributed by atoms with Gasteiger partial charge in [0.05, 0.1) is 11.1 Å². The Hall–Kier alpha value is -4.53. The summed E-state index contributed by atoms with van der Waals surface area (Å²) in [4.78, 5) is 30.3. The molecular formula is C31H29FN6O2. The molecule has 0 radical (unpaired) electrons. The fourth-order valence-electron chi connectivity index (χ4n) is 5.92. The van der Waals surface area contributed by atoms with Crippen LogP contribution < -0.4 is 10.6 Å². The van der Waals surface area contributed by atoms with Crippen LogP contribution in [0.4, 0.5) is 10.3 Å². The van der Waals surface area contributed by atoms with Gasteiger partial charge in [-0.1, -0.05) is 12.1 Å². The molecule has 1 fully saturated rings. The van der Waals surface area contributed by atoms with E-state index >= 15 is 0 Å². The third-order valence-electron chi connectivity index (χ3n) is 8.27. The summed E-state index contributed by atoms with van der Waals surface area (Å²) in [6, 6.07) is 14.8. The average Bonchev–Trinajstić information content (AvgIpc) is 3.64. The SMILES string of the molecule is Cn1cc(C(=O)N[C@]2(C)CCCc3ccc(F)cc32)c2cc(-c3ccn4nc(NC(=O)C5CC5)nc4c3)ccc21. The van der Waals surface area contributed by atoms with Crippen molar-refractivity contribution in [3.05, 3.63) is 83.4 Å². The molecule has 40 heavy (non-hydrogen) atoms. The number of aromatic nitrogens is 4. The Kier molecular flexibility index (Phi) is 5.52. The maximum absolute atomic E-state index is 14.2. The molecule has 3 heterocycles. The molecule has 8 nitrogen and oxygen atoms in total. The fourth-order valence-corrected chi connectivity index (χ4v) is 5.92. The van der Waals surface area contributed by atoms with E-state index in [0.717, 1.165) is 65.3 Å². The van der Waals surface area contributed by atoms with Gasteiger partial charge in [-0.3, -0.25) is 14.9 Å². The van der Waals surface area contributed by atoms with Crippen molar-refractivity contribution in [3.8, 4) is 11.1 Å². The van der Waals surface area contributed by atoms with Crippen LogP contribution in [0.2, 0.25) is 0 Å². The molecule has 2 aliphatic carbocycles. The van der Waals surface area contributed by atoms with Crippen LogP contribution in [-0.4, -0.2) is 31.0 Å². The van der Waals surface area contributed by atoms with Crippen LogP contribution >= 0.6 is 0 Å². The topological polar surface area (TPSA) is 93.3 Å². The Morgan fingerprint density at radius 1 is 1.07 bits per heavy atom. The number of halogens is 1. The number of carbonyl (C=O) groups excluding carboxylic acids is 2. The number of fused-ring (bicyclic) bond motifs is 3. The molecule has 3 aromatic heterocycles. The Morgan fingerprint density at radius 3 is 2.73 bits per heavy atom. The third-order valence-corrected chi connectivity index (χ3v) is 8.27. The minimum absolute atomic E-state index is 0.0350. The lowest BCUT2D eigenvalue weighted by atomic mass is 9.77. The van der Waals surface area contributed by atoms with Crippen molar-refractivity contribution in [1.82, 2.24) is 24.5 Å². The Labute approximate surface area is 230 Å². The highest BCUT2D eigenvalue weighted by molar-refractivity contribution is 6.08. The summed E-state index contributed by atoms with van der Waals surface area (Å²) in [5.41, 5.74) is 5.24. The van der Waals surface area contributed by atoms with Crippen molar-refractivity contribution in [2.75, 3.05) is 5.32 Å². The van der Waals surface area contributed by atoms with Gasteiger partial charge in [0.1, 0.15) is 5.82 Å². The van der Waals surface area contributed by atoms with Crippen LogP contribution in [0.3, 0.4) is 0 Å². The molecule has 0 unspecified atom stereocenters. The number of aryl methyl sites for hydroxylation is 2. The van der Waals surface area contributed by atoms with Gasteiger partial charge in [-0.25, -0.2) is 8.91 Å². The fraction of sp³-hybridized carbons (Fsp3) is 0.290. The first kappa shape index (κ1) is 24.5. The first-order chi connectivity index (χ1) is 19.3. The second-order valence-corrected chi connectivity index (χ2v) is 11.2. The molecule has 0 spiro atoms.